The summed E-state index contributed by atoms with van der Waals surface area (Å²) in [4.78, 5) is 36.3. The van der Waals surface area contributed by atoms with E-state index in [1.165, 1.54) is 18.2 Å². The van der Waals surface area contributed by atoms with Gasteiger partial charge in [-0.1, -0.05) is 0 Å². The van der Waals surface area contributed by atoms with Gasteiger partial charge in [0.15, 0.2) is 0 Å². The van der Waals surface area contributed by atoms with Crippen LogP contribution < -0.4 is 5.32 Å². The van der Waals surface area contributed by atoms with Gasteiger partial charge in [-0.25, -0.2) is 4.79 Å². The zero-order chi connectivity index (χ0) is 15.6. The zero-order valence-electron chi connectivity index (χ0n) is 11.4. The largest absolute Gasteiger partial charge is 0.478 e. The van der Waals surface area contributed by atoms with Gasteiger partial charge in [-0.15, -0.1) is 0 Å². The Bertz CT molecular complexity index is 603. The van der Waals surface area contributed by atoms with Crippen LogP contribution in [0.5, 0.6) is 0 Å². The summed E-state index contributed by atoms with van der Waals surface area (Å²) in [5.74, 6) is -1.65. The first-order valence-electron chi connectivity index (χ1n) is 6.53. The summed E-state index contributed by atoms with van der Waals surface area (Å²) >= 11 is 3.23. The van der Waals surface area contributed by atoms with Crippen LogP contribution in [0.2, 0.25) is 0 Å². The van der Waals surface area contributed by atoms with E-state index in [1.54, 1.807) is 4.90 Å². The molecule has 2 rings (SSSR count). The average molecular weight is 355 g/mol. The highest BCUT2D eigenvalue weighted by atomic mass is 79.9. The molecule has 0 spiro atoms. The molecule has 0 aromatic heterocycles. The normalized spacial score (nSPS) is 17.9. The second kappa shape index (κ2) is 6.26. The Kier molecular flexibility index (Phi) is 4.62. The highest BCUT2D eigenvalue weighted by Gasteiger charge is 2.33. The minimum Gasteiger partial charge on any atom is -0.478 e. The molecule has 2 N–H and O–H groups in total. The number of nitrogens with zero attached hydrogens (tertiary/aromatic N) is 1. The second-order valence-corrected chi connectivity index (χ2v) is 5.68. The molecular weight excluding hydrogens is 340 g/mol. The third-order valence-electron chi connectivity index (χ3n) is 3.44. The van der Waals surface area contributed by atoms with Crippen molar-refractivity contribution in [2.24, 2.45) is 5.92 Å². The van der Waals surface area contributed by atoms with Crippen molar-refractivity contribution in [2.75, 3.05) is 18.4 Å². The van der Waals surface area contributed by atoms with Crippen LogP contribution in [-0.2, 0) is 9.59 Å². The lowest BCUT2D eigenvalue weighted by molar-refractivity contribution is -0.128. The number of anilines is 1. The molecule has 1 saturated heterocycles. The van der Waals surface area contributed by atoms with Crippen molar-refractivity contribution in [1.82, 2.24) is 4.90 Å². The zero-order valence-corrected chi connectivity index (χ0v) is 13.0. The van der Waals surface area contributed by atoms with Crippen LogP contribution in [0.4, 0.5) is 5.69 Å². The Balaban J connectivity index is 2.07. The highest BCUT2D eigenvalue weighted by Crippen LogP contribution is 2.26. The molecule has 1 fully saturated rings. The molecule has 7 heteroatoms. The van der Waals surface area contributed by atoms with E-state index in [0.717, 1.165) is 0 Å². The summed E-state index contributed by atoms with van der Waals surface area (Å²) in [6.07, 6.45) is 0.213. The molecule has 1 aromatic carbocycles. The molecule has 112 valence electrons. The molecule has 6 nitrogen and oxygen atoms in total. The minimum absolute atomic E-state index is 0.0158. The van der Waals surface area contributed by atoms with E-state index in [9.17, 15) is 14.4 Å². The number of carboxylic acid groups (broad SMARTS) is 1. The van der Waals surface area contributed by atoms with Crippen LogP contribution in [0.3, 0.4) is 0 Å². The van der Waals surface area contributed by atoms with E-state index in [-0.39, 0.29) is 29.7 Å². The Hall–Kier alpha value is -1.89. The van der Waals surface area contributed by atoms with E-state index < -0.39 is 5.97 Å². The van der Waals surface area contributed by atoms with Gasteiger partial charge in [0.2, 0.25) is 11.8 Å². The summed E-state index contributed by atoms with van der Waals surface area (Å²) in [7, 11) is 0. The van der Waals surface area contributed by atoms with Crippen molar-refractivity contribution >= 4 is 39.4 Å². The Morgan fingerprint density at radius 1 is 1.48 bits per heavy atom. The van der Waals surface area contributed by atoms with Crippen molar-refractivity contribution < 1.29 is 19.5 Å². The topological polar surface area (TPSA) is 86.7 Å². The Labute approximate surface area is 130 Å². The summed E-state index contributed by atoms with van der Waals surface area (Å²) < 4.78 is 0.493. The fourth-order valence-corrected chi connectivity index (χ4v) is 2.72. The van der Waals surface area contributed by atoms with Crippen molar-refractivity contribution in [3.63, 3.8) is 0 Å². The number of likely N-dealkylation sites (tertiary alicyclic amines) is 1. The molecular formula is C14H15BrN2O4. The second-order valence-electron chi connectivity index (χ2n) is 4.82. The molecule has 2 amide bonds. The van der Waals surface area contributed by atoms with E-state index in [2.05, 4.69) is 21.2 Å². The van der Waals surface area contributed by atoms with Crippen LogP contribution in [-0.4, -0.2) is 40.9 Å². The van der Waals surface area contributed by atoms with Crippen LogP contribution in [0.15, 0.2) is 22.7 Å². The summed E-state index contributed by atoms with van der Waals surface area (Å²) in [6.45, 7) is 2.89. The first-order chi connectivity index (χ1) is 9.92. The number of hydrogen-bond donors (Lipinski definition) is 2. The number of hydrogen-bond acceptors (Lipinski definition) is 3. The van der Waals surface area contributed by atoms with Crippen molar-refractivity contribution in [3.8, 4) is 0 Å². The number of benzene rings is 1. The molecule has 1 unspecified atom stereocenters. The lowest BCUT2D eigenvalue weighted by atomic mass is 10.1. The first kappa shape index (κ1) is 15.5. The molecule has 0 aliphatic carbocycles. The maximum Gasteiger partial charge on any atom is 0.335 e. The molecule has 0 bridgehead atoms. The lowest BCUT2D eigenvalue weighted by Gasteiger charge is -2.14. The Morgan fingerprint density at radius 2 is 2.19 bits per heavy atom. The van der Waals surface area contributed by atoms with Gasteiger partial charge in [-0.2, -0.15) is 0 Å². The number of carbonyl (C=O) groups is 3. The van der Waals surface area contributed by atoms with Crippen molar-refractivity contribution in [1.29, 1.82) is 0 Å². The minimum atomic E-state index is -1.03. The predicted molar refractivity (Wildman–Crippen MR) is 80.1 cm³/mol. The molecule has 0 radical (unpaired) electrons. The van der Waals surface area contributed by atoms with E-state index in [1.807, 2.05) is 6.92 Å². The van der Waals surface area contributed by atoms with Gasteiger partial charge in [0, 0.05) is 24.0 Å². The molecule has 1 aliphatic heterocycles. The van der Waals surface area contributed by atoms with E-state index in [0.29, 0.717) is 23.2 Å². The van der Waals surface area contributed by atoms with E-state index in [4.69, 9.17) is 5.11 Å². The quantitative estimate of drug-likeness (QED) is 0.865. The first-order valence-corrected chi connectivity index (χ1v) is 7.33. The van der Waals surface area contributed by atoms with Crippen LogP contribution in [0.25, 0.3) is 0 Å². The van der Waals surface area contributed by atoms with Gasteiger partial charge in [-0.05, 0) is 41.1 Å². The van der Waals surface area contributed by atoms with Gasteiger partial charge < -0.3 is 15.3 Å². The molecule has 0 saturated carbocycles. The fourth-order valence-electron chi connectivity index (χ4n) is 2.24. The average Bonchev–Trinajstić information content (AvgIpc) is 2.82. The number of nitrogens with one attached hydrogen (secondary N) is 1. The molecule has 21 heavy (non-hydrogen) atoms. The number of rotatable bonds is 4. The highest BCUT2D eigenvalue weighted by molar-refractivity contribution is 9.10. The smallest absolute Gasteiger partial charge is 0.335 e. The number of carboxylic acids is 1. The molecule has 1 heterocycles. The summed E-state index contributed by atoms with van der Waals surface area (Å²) in [5.41, 5.74) is 0.625. The van der Waals surface area contributed by atoms with Gasteiger partial charge in [-0.3, -0.25) is 9.59 Å². The van der Waals surface area contributed by atoms with Crippen molar-refractivity contribution in [2.45, 2.75) is 13.3 Å². The van der Waals surface area contributed by atoms with Crippen LogP contribution in [0.1, 0.15) is 23.7 Å². The van der Waals surface area contributed by atoms with Crippen LogP contribution in [0, 0.1) is 5.92 Å². The molecule has 1 aliphatic rings. The molecule has 1 aromatic rings. The predicted octanol–water partition coefficient (Wildman–Crippen LogP) is 1.95. The number of aromatic carboxylic acids is 1. The summed E-state index contributed by atoms with van der Waals surface area (Å²) in [6, 6.07) is 4.37. The fraction of sp³-hybridized carbons (Fsp3) is 0.357. The van der Waals surface area contributed by atoms with Gasteiger partial charge in [0.25, 0.3) is 0 Å². The maximum absolute atomic E-state index is 12.2. The van der Waals surface area contributed by atoms with Gasteiger partial charge >= 0.3 is 5.97 Å². The van der Waals surface area contributed by atoms with Crippen LogP contribution >= 0.6 is 15.9 Å². The third kappa shape index (κ3) is 3.41. The lowest BCUT2D eigenvalue weighted by Crippen LogP contribution is -2.28. The third-order valence-corrected chi connectivity index (χ3v) is 4.10. The summed E-state index contributed by atoms with van der Waals surface area (Å²) in [5, 5.41) is 11.6. The Morgan fingerprint density at radius 3 is 2.71 bits per heavy atom. The van der Waals surface area contributed by atoms with Gasteiger partial charge in [0.05, 0.1) is 17.2 Å². The number of amides is 2. The molecule has 1 atom stereocenters. The number of halogens is 1. The number of carbonyl (C=O) groups excluding carboxylic acids is 2. The standard InChI is InChI=1S/C14H15BrN2O4/c1-2-17-7-9(6-12(17)18)13(19)16-11-4-3-8(14(20)21)5-10(11)15/h3-5,9H,2,6-7H2,1H3,(H,16,19)(H,20,21). The van der Waals surface area contributed by atoms with Gasteiger partial charge in [0.1, 0.15) is 0 Å². The monoisotopic (exact) mass is 354 g/mol. The SMILES string of the molecule is CCN1CC(C(=O)Nc2ccc(C(=O)O)cc2Br)CC1=O. The van der Waals surface area contributed by atoms with Crippen molar-refractivity contribution in [3.05, 3.63) is 28.2 Å². The maximum atomic E-state index is 12.2. The van der Waals surface area contributed by atoms with E-state index >= 15 is 0 Å².